The number of fused-ring (bicyclic) bond motifs is 1. The molecule has 0 spiro atoms. The van der Waals surface area contributed by atoms with Crippen LogP contribution in [0.3, 0.4) is 0 Å². The van der Waals surface area contributed by atoms with Crippen LogP contribution in [0, 0.1) is 0 Å². The Labute approximate surface area is 192 Å². The van der Waals surface area contributed by atoms with Gasteiger partial charge in [-0.05, 0) is 66.3 Å². The lowest BCUT2D eigenvalue weighted by Gasteiger charge is -2.53. The maximum absolute atomic E-state index is 13.7. The van der Waals surface area contributed by atoms with Crippen LogP contribution in [0.4, 0.5) is 11.4 Å². The highest BCUT2D eigenvalue weighted by Crippen LogP contribution is 2.47. The number of β-lactam (4-membered cyclic amide) rings is 1. The summed E-state index contributed by atoms with van der Waals surface area (Å²) in [5, 5.41) is 3.10. The second kappa shape index (κ2) is 8.24. The quantitative estimate of drug-likeness (QED) is 0.697. The van der Waals surface area contributed by atoms with Gasteiger partial charge >= 0.3 is 0 Å². The number of anilines is 2. The van der Waals surface area contributed by atoms with Gasteiger partial charge in [0.15, 0.2) is 11.5 Å². The highest BCUT2D eigenvalue weighted by atomic mass is 32.2. The molecule has 7 nitrogen and oxygen atoms in total. The first kappa shape index (κ1) is 21.0. The monoisotopic (exact) mass is 453 g/mol. The molecular formula is C24H27N3O4S. The average molecular weight is 454 g/mol. The largest absolute Gasteiger partial charge is 0.454 e. The van der Waals surface area contributed by atoms with E-state index in [4.69, 9.17) is 9.47 Å². The average Bonchev–Trinajstić information content (AvgIpc) is 3.26. The predicted molar refractivity (Wildman–Crippen MR) is 125 cm³/mol. The smallest absolute Gasteiger partial charge is 0.250 e. The van der Waals surface area contributed by atoms with Crippen molar-refractivity contribution in [2.75, 3.05) is 42.6 Å². The molecule has 1 atom stereocenters. The fourth-order valence-electron chi connectivity index (χ4n) is 4.72. The summed E-state index contributed by atoms with van der Waals surface area (Å²) in [6.45, 7) is 0.211. The highest BCUT2D eigenvalue weighted by molar-refractivity contribution is 7.99. The van der Waals surface area contributed by atoms with Crippen molar-refractivity contribution in [3.63, 3.8) is 0 Å². The number of benzene rings is 2. The number of likely N-dealkylation sites (tertiary alicyclic amines) is 1. The normalized spacial score (nSPS) is 21.1. The van der Waals surface area contributed by atoms with E-state index in [1.807, 2.05) is 78.1 Å². The number of nitrogens with one attached hydrogen (secondary N) is 1. The third kappa shape index (κ3) is 3.56. The van der Waals surface area contributed by atoms with Gasteiger partial charge < -0.3 is 24.6 Å². The highest BCUT2D eigenvalue weighted by Gasteiger charge is 2.55. The van der Waals surface area contributed by atoms with Gasteiger partial charge in [-0.1, -0.05) is 6.07 Å². The fourth-order valence-corrected chi connectivity index (χ4v) is 5.89. The molecule has 0 aliphatic carbocycles. The number of carbonyl (C=O) groups is 2. The van der Waals surface area contributed by atoms with E-state index < -0.39 is 5.54 Å². The minimum Gasteiger partial charge on any atom is -0.454 e. The van der Waals surface area contributed by atoms with E-state index in [1.165, 1.54) is 0 Å². The Balaban J connectivity index is 1.42. The first-order valence-electron chi connectivity index (χ1n) is 10.9. The molecule has 3 heterocycles. The number of rotatable bonds is 5. The Bertz CT molecular complexity index is 1030. The summed E-state index contributed by atoms with van der Waals surface area (Å²) < 4.78 is 11.0. The number of hydrogen-bond acceptors (Lipinski definition) is 6. The molecule has 168 valence electrons. The van der Waals surface area contributed by atoms with Crippen LogP contribution in [-0.2, 0) is 9.59 Å². The van der Waals surface area contributed by atoms with Crippen molar-refractivity contribution in [1.29, 1.82) is 0 Å². The van der Waals surface area contributed by atoms with Crippen LogP contribution in [0.15, 0.2) is 42.5 Å². The van der Waals surface area contributed by atoms with Crippen molar-refractivity contribution >= 4 is 35.0 Å². The lowest BCUT2D eigenvalue weighted by molar-refractivity contribution is -0.164. The second-order valence-electron chi connectivity index (χ2n) is 8.64. The predicted octanol–water partition coefficient (Wildman–Crippen LogP) is 3.66. The molecule has 5 rings (SSSR count). The van der Waals surface area contributed by atoms with Crippen molar-refractivity contribution in [2.24, 2.45) is 0 Å². The molecule has 0 unspecified atom stereocenters. The molecule has 0 aromatic heterocycles. The molecule has 0 saturated carbocycles. The lowest BCUT2D eigenvalue weighted by Crippen LogP contribution is -2.66. The summed E-state index contributed by atoms with van der Waals surface area (Å²) in [4.78, 5) is 30.4. The Morgan fingerprint density at radius 1 is 1.09 bits per heavy atom. The molecule has 2 fully saturated rings. The van der Waals surface area contributed by atoms with E-state index in [0.29, 0.717) is 30.8 Å². The summed E-state index contributed by atoms with van der Waals surface area (Å²) in [7, 11) is 3.96. The number of ether oxygens (including phenoxy) is 2. The Morgan fingerprint density at radius 2 is 1.81 bits per heavy atom. The molecule has 0 bridgehead atoms. The Kier molecular flexibility index (Phi) is 5.41. The van der Waals surface area contributed by atoms with E-state index in [1.54, 1.807) is 0 Å². The number of amides is 2. The van der Waals surface area contributed by atoms with Gasteiger partial charge in [0.25, 0.3) is 0 Å². The van der Waals surface area contributed by atoms with E-state index >= 15 is 0 Å². The van der Waals surface area contributed by atoms with E-state index in [2.05, 4.69) is 5.32 Å². The van der Waals surface area contributed by atoms with Crippen LogP contribution < -0.4 is 19.7 Å². The van der Waals surface area contributed by atoms with Crippen LogP contribution in [-0.4, -0.2) is 54.6 Å². The third-order valence-corrected chi connectivity index (χ3v) is 7.56. The summed E-state index contributed by atoms with van der Waals surface area (Å²) >= 11 is 1.83. The molecule has 1 N–H and O–H groups in total. The van der Waals surface area contributed by atoms with E-state index in [0.717, 1.165) is 28.4 Å². The lowest BCUT2D eigenvalue weighted by atomic mass is 9.80. The zero-order valence-corrected chi connectivity index (χ0v) is 19.1. The molecule has 2 amide bonds. The molecule has 2 aromatic carbocycles. The summed E-state index contributed by atoms with van der Waals surface area (Å²) in [6.07, 6.45) is 1.69. The first-order valence-corrected chi connectivity index (χ1v) is 12.0. The van der Waals surface area contributed by atoms with Crippen LogP contribution in [0.25, 0.3) is 0 Å². The van der Waals surface area contributed by atoms with Gasteiger partial charge in [-0.15, -0.1) is 0 Å². The van der Waals surface area contributed by atoms with Gasteiger partial charge in [0.05, 0.1) is 12.5 Å². The zero-order valence-electron chi connectivity index (χ0n) is 18.3. The minimum atomic E-state index is -0.845. The van der Waals surface area contributed by atoms with Crippen LogP contribution in [0.2, 0.25) is 0 Å². The minimum absolute atomic E-state index is 0.0256. The molecule has 3 aliphatic heterocycles. The van der Waals surface area contributed by atoms with Crippen molar-refractivity contribution in [3.8, 4) is 11.5 Å². The molecule has 0 radical (unpaired) electrons. The second-order valence-corrected chi connectivity index (χ2v) is 9.86. The molecule has 32 heavy (non-hydrogen) atoms. The number of carbonyl (C=O) groups excluding carboxylic acids is 2. The van der Waals surface area contributed by atoms with E-state index in [9.17, 15) is 9.59 Å². The third-order valence-electron chi connectivity index (χ3n) is 6.58. The van der Waals surface area contributed by atoms with Crippen LogP contribution >= 0.6 is 11.8 Å². The van der Waals surface area contributed by atoms with Gasteiger partial charge in [0.1, 0.15) is 5.54 Å². The summed E-state index contributed by atoms with van der Waals surface area (Å²) in [5.41, 5.74) is 1.94. The molecule has 2 saturated heterocycles. The summed E-state index contributed by atoms with van der Waals surface area (Å²) in [6, 6.07) is 13.4. The summed E-state index contributed by atoms with van der Waals surface area (Å²) in [5.74, 6) is 3.04. The number of thioether (sulfide) groups is 1. The van der Waals surface area contributed by atoms with E-state index in [-0.39, 0.29) is 24.6 Å². The maximum atomic E-state index is 13.7. The first-order chi connectivity index (χ1) is 15.5. The van der Waals surface area contributed by atoms with Gasteiger partial charge in [-0.25, -0.2) is 0 Å². The Morgan fingerprint density at radius 3 is 2.50 bits per heavy atom. The van der Waals surface area contributed by atoms with Crippen molar-refractivity contribution in [2.45, 2.75) is 30.8 Å². The zero-order chi connectivity index (χ0) is 22.3. The molecule has 2 aromatic rings. The topological polar surface area (TPSA) is 71.1 Å². The fraction of sp³-hybridized carbons (Fsp3) is 0.417. The van der Waals surface area contributed by atoms with Crippen molar-refractivity contribution in [3.05, 3.63) is 48.0 Å². The molecule has 8 heteroatoms. The van der Waals surface area contributed by atoms with Gasteiger partial charge in [-0.3, -0.25) is 9.59 Å². The van der Waals surface area contributed by atoms with Crippen LogP contribution in [0.1, 0.15) is 30.9 Å². The Hall–Kier alpha value is -2.87. The maximum Gasteiger partial charge on any atom is 0.250 e. The van der Waals surface area contributed by atoms with Gasteiger partial charge in [0, 0.05) is 25.5 Å². The van der Waals surface area contributed by atoms with Crippen LogP contribution in [0.5, 0.6) is 11.5 Å². The van der Waals surface area contributed by atoms with Crippen molar-refractivity contribution in [1.82, 2.24) is 4.90 Å². The van der Waals surface area contributed by atoms with Gasteiger partial charge in [0.2, 0.25) is 18.6 Å². The standard InChI is InChI=1S/C24H27N3O4S/c1-26(2)18-6-4-17(5-7-18)25-23(29)24(9-11-32-12-10-24)27-19(14-22(27)28)16-3-8-20-21(13-16)31-15-30-20/h3-8,13,19H,9-12,14-15H2,1-2H3,(H,25,29)/t19-/m1/s1. The number of nitrogens with zero attached hydrogens (tertiary/aromatic N) is 2. The molecular weight excluding hydrogens is 426 g/mol. The van der Waals surface area contributed by atoms with Gasteiger partial charge in [-0.2, -0.15) is 11.8 Å². The SMILES string of the molecule is CN(C)c1ccc(NC(=O)C2(N3C(=O)C[C@@H]3c3ccc4c(c3)OCO4)CCSCC2)cc1. The van der Waals surface area contributed by atoms with Crippen molar-refractivity contribution < 1.29 is 19.1 Å². The molecule has 3 aliphatic rings. The number of hydrogen-bond donors (Lipinski definition) is 1.